The van der Waals surface area contributed by atoms with Crippen LogP contribution in [0.4, 0.5) is 0 Å². The molecule has 4 aromatic rings. The number of H-pyrrole nitrogens is 1. The van der Waals surface area contributed by atoms with E-state index in [1.165, 1.54) is 22.3 Å². The maximum absolute atomic E-state index is 5.61. The van der Waals surface area contributed by atoms with Gasteiger partial charge >= 0.3 is 0 Å². The summed E-state index contributed by atoms with van der Waals surface area (Å²) in [7, 11) is 1.80. The van der Waals surface area contributed by atoms with E-state index in [0.717, 1.165) is 41.3 Å². The van der Waals surface area contributed by atoms with Crippen molar-refractivity contribution in [2.24, 2.45) is 0 Å². The number of fused-ring (bicyclic) bond motifs is 3. The number of benzene rings is 2. The molecular formula is C20H20N4O. The molecule has 0 aliphatic heterocycles. The van der Waals surface area contributed by atoms with Crippen molar-refractivity contribution in [2.45, 2.75) is 32.4 Å². The van der Waals surface area contributed by atoms with Crippen LogP contribution in [0.3, 0.4) is 0 Å². The lowest BCUT2D eigenvalue weighted by Crippen LogP contribution is -2.03. The van der Waals surface area contributed by atoms with Crippen LogP contribution in [0.25, 0.3) is 21.9 Å². The summed E-state index contributed by atoms with van der Waals surface area (Å²) < 4.78 is 7.83. The first-order chi connectivity index (χ1) is 12.2. The fraction of sp³-hybridized carbons (Fsp3) is 0.300. The Bertz CT molecular complexity index is 1090. The molecule has 5 heteroatoms. The lowest BCUT2D eigenvalue weighted by Gasteiger charge is -2.14. The van der Waals surface area contributed by atoms with E-state index in [1.54, 1.807) is 7.11 Å². The summed E-state index contributed by atoms with van der Waals surface area (Å²) in [6, 6.07) is 8.88. The molecule has 2 aromatic heterocycles. The Morgan fingerprint density at radius 1 is 1.28 bits per heavy atom. The van der Waals surface area contributed by atoms with E-state index in [4.69, 9.17) is 4.74 Å². The number of aromatic amines is 1. The fourth-order valence-corrected chi connectivity index (χ4v) is 4.00. The van der Waals surface area contributed by atoms with Crippen molar-refractivity contribution in [1.29, 1.82) is 0 Å². The van der Waals surface area contributed by atoms with E-state index < -0.39 is 0 Å². The molecule has 0 fully saturated rings. The molecule has 2 aromatic carbocycles. The van der Waals surface area contributed by atoms with Crippen LogP contribution in [0.5, 0.6) is 0 Å². The standard InChI is InChI=1S/C20H20N4O/c1-12-5-16-13(3-4-20(16)25-2)6-15(12)10-24-11-21-18-8-17-14(7-19(18)24)9-22-23-17/h5-9,11,20H,3-4,10H2,1-2H3,(H,22,23). The second kappa shape index (κ2) is 5.43. The minimum atomic E-state index is 0.256. The van der Waals surface area contributed by atoms with Gasteiger partial charge in [0.1, 0.15) is 0 Å². The Morgan fingerprint density at radius 3 is 3.08 bits per heavy atom. The van der Waals surface area contributed by atoms with Crippen LogP contribution in [0.2, 0.25) is 0 Å². The van der Waals surface area contributed by atoms with Gasteiger partial charge in [-0.25, -0.2) is 4.98 Å². The van der Waals surface area contributed by atoms with Crippen molar-refractivity contribution in [3.8, 4) is 0 Å². The summed E-state index contributed by atoms with van der Waals surface area (Å²) >= 11 is 0. The van der Waals surface area contributed by atoms with Crippen LogP contribution in [-0.2, 0) is 17.7 Å². The van der Waals surface area contributed by atoms with Gasteiger partial charge in [-0.2, -0.15) is 5.10 Å². The topological polar surface area (TPSA) is 55.7 Å². The minimum Gasteiger partial charge on any atom is -0.377 e. The molecule has 1 N–H and O–H groups in total. The normalized spacial score (nSPS) is 16.8. The summed E-state index contributed by atoms with van der Waals surface area (Å²) in [4.78, 5) is 4.57. The first kappa shape index (κ1) is 14.7. The van der Waals surface area contributed by atoms with Gasteiger partial charge < -0.3 is 9.30 Å². The molecule has 5 rings (SSSR count). The van der Waals surface area contributed by atoms with Gasteiger partial charge in [0.15, 0.2) is 0 Å². The van der Waals surface area contributed by atoms with Gasteiger partial charge in [-0.05, 0) is 54.2 Å². The third-order valence-electron chi connectivity index (χ3n) is 5.43. The molecule has 0 radical (unpaired) electrons. The fourth-order valence-electron chi connectivity index (χ4n) is 4.00. The van der Waals surface area contributed by atoms with Gasteiger partial charge in [0, 0.05) is 19.0 Å². The summed E-state index contributed by atoms with van der Waals surface area (Å²) in [6.45, 7) is 3.02. The molecular weight excluding hydrogens is 312 g/mol. The highest BCUT2D eigenvalue weighted by atomic mass is 16.5. The first-order valence-corrected chi connectivity index (χ1v) is 8.66. The van der Waals surface area contributed by atoms with Crippen molar-refractivity contribution >= 4 is 21.9 Å². The highest BCUT2D eigenvalue weighted by Gasteiger charge is 2.23. The molecule has 0 amide bonds. The maximum atomic E-state index is 5.61. The molecule has 1 unspecified atom stereocenters. The van der Waals surface area contributed by atoms with Crippen LogP contribution in [0.1, 0.15) is 34.8 Å². The van der Waals surface area contributed by atoms with Gasteiger partial charge in [0.25, 0.3) is 0 Å². The lowest BCUT2D eigenvalue weighted by atomic mass is 10.00. The smallest absolute Gasteiger partial charge is 0.0961 e. The van der Waals surface area contributed by atoms with E-state index >= 15 is 0 Å². The van der Waals surface area contributed by atoms with Crippen molar-refractivity contribution < 1.29 is 4.74 Å². The predicted octanol–water partition coefficient (Wildman–Crippen LogP) is 3.90. The molecule has 1 atom stereocenters. The predicted molar refractivity (Wildman–Crippen MR) is 97.7 cm³/mol. The number of hydrogen-bond donors (Lipinski definition) is 1. The zero-order chi connectivity index (χ0) is 17.0. The van der Waals surface area contributed by atoms with Crippen molar-refractivity contribution in [3.63, 3.8) is 0 Å². The lowest BCUT2D eigenvalue weighted by molar-refractivity contribution is 0.105. The number of nitrogens with zero attached hydrogens (tertiary/aromatic N) is 3. The number of imidazole rings is 1. The van der Waals surface area contributed by atoms with Gasteiger partial charge in [0.2, 0.25) is 0 Å². The van der Waals surface area contributed by atoms with E-state index in [0.29, 0.717) is 0 Å². The van der Waals surface area contributed by atoms with Crippen molar-refractivity contribution in [2.75, 3.05) is 7.11 Å². The highest BCUT2D eigenvalue weighted by molar-refractivity contribution is 5.92. The molecule has 5 nitrogen and oxygen atoms in total. The number of methoxy groups -OCH3 is 1. The summed E-state index contributed by atoms with van der Waals surface area (Å²) in [6.07, 6.45) is 6.23. The second-order valence-electron chi connectivity index (χ2n) is 6.91. The summed E-state index contributed by atoms with van der Waals surface area (Å²) in [5.74, 6) is 0. The Balaban J connectivity index is 1.56. The van der Waals surface area contributed by atoms with Crippen LogP contribution >= 0.6 is 0 Å². The first-order valence-electron chi connectivity index (χ1n) is 8.66. The largest absolute Gasteiger partial charge is 0.377 e. The quantitative estimate of drug-likeness (QED) is 0.619. The maximum Gasteiger partial charge on any atom is 0.0961 e. The molecule has 0 spiro atoms. The number of rotatable bonds is 3. The Labute approximate surface area is 145 Å². The Hall–Kier alpha value is -2.66. The Morgan fingerprint density at radius 2 is 2.20 bits per heavy atom. The number of aromatic nitrogens is 4. The SMILES string of the molecule is COC1CCc2cc(Cn3cnc4cc5[nH]ncc5cc43)c(C)cc21. The van der Waals surface area contributed by atoms with Gasteiger partial charge in [0.05, 0.1) is 35.2 Å². The highest BCUT2D eigenvalue weighted by Crippen LogP contribution is 2.35. The van der Waals surface area contributed by atoms with Crippen molar-refractivity contribution in [1.82, 2.24) is 19.7 Å². The number of hydrogen-bond acceptors (Lipinski definition) is 3. The molecule has 1 aliphatic rings. The molecule has 2 heterocycles. The van der Waals surface area contributed by atoms with E-state index in [1.807, 2.05) is 12.5 Å². The molecule has 0 bridgehead atoms. The minimum absolute atomic E-state index is 0.256. The third kappa shape index (κ3) is 2.27. The van der Waals surface area contributed by atoms with Crippen LogP contribution in [-0.4, -0.2) is 26.9 Å². The molecule has 0 saturated carbocycles. The molecule has 25 heavy (non-hydrogen) atoms. The van der Waals surface area contributed by atoms with Crippen LogP contribution < -0.4 is 0 Å². The summed E-state index contributed by atoms with van der Waals surface area (Å²) in [5.41, 5.74) is 8.61. The molecule has 126 valence electrons. The number of ether oxygens (including phenoxy) is 1. The summed E-state index contributed by atoms with van der Waals surface area (Å²) in [5, 5.41) is 8.23. The van der Waals surface area contributed by atoms with Gasteiger partial charge in [-0.15, -0.1) is 0 Å². The van der Waals surface area contributed by atoms with E-state index in [-0.39, 0.29) is 6.10 Å². The third-order valence-corrected chi connectivity index (χ3v) is 5.43. The number of aryl methyl sites for hydroxylation is 2. The second-order valence-corrected chi connectivity index (χ2v) is 6.91. The van der Waals surface area contributed by atoms with E-state index in [2.05, 4.69) is 50.9 Å². The van der Waals surface area contributed by atoms with Gasteiger partial charge in [-0.1, -0.05) is 12.1 Å². The molecule has 1 aliphatic carbocycles. The monoisotopic (exact) mass is 332 g/mol. The zero-order valence-electron chi connectivity index (χ0n) is 14.4. The van der Waals surface area contributed by atoms with E-state index in [9.17, 15) is 0 Å². The average Bonchev–Trinajstić information content (AvgIpc) is 3.32. The van der Waals surface area contributed by atoms with Crippen LogP contribution in [0, 0.1) is 6.92 Å². The average molecular weight is 332 g/mol. The van der Waals surface area contributed by atoms with Crippen molar-refractivity contribution in [3.05, 3.63) is 59.0 Å². The van der Waals surface area contributed by atoms with Crippen LogP contribution in [0.15, 0.2) is 36.8 Å². The van der Waals surface area contributed by atoms with Gasteiger partial charge in [-0.3, -0.25) is 5.10 Å². The Kier molecular flexibility index (Phi) is 3.18. The number of nitrogens with one attached hydrogen (secondary N) is 1. The zero-order valence-corrected chi connectivity index (χ0v) is 14.4. The molecule has 0 saturated heterocycles.